The number of anilines is 1. The molecule has 0 bridgehead atoms. The van der Waals surface area contributed by atoms with Crippen LogP contribution < -0.4 is 5.32 Å². The van der Waals surface area contributed by atoms with Crippen LogP contribution in [0.25, 0.3) is 11.1 Å². The maximum atomic E-state index is 13.2. The lowest BCUT2D eigenvalue weighted by molar-refractivity contribution is -0.128. The highest BCUT2D eigenvalue weighted by Gasteiger charge is 2.11. The van der Waals surface area contributed by atoms with Crippen molar-refractivity contribution >= 4 is 11.7 Å². The average molecular weight is 317 g/mol. The fourth-order valence-corrected chi connectivity index (χ4v) is 2.26. The first-order chi connectivity index (χ1) is 11.0. The van der Waals surface area contributed by atoms with Crippen LogP contribution >= 0.6 is 0 Å². The van der Waals surface area contributed by atoms with Crippen molar-refractivity contribution in [2.75, 3.05) is 25.0 Å². The molecule has 0 spiro atoms. The van der Waals surface area contributed by atoms with Crippen molar-refractivity contribution in [1.82, 2.24) is 9.88 Å². The molecule has 2 N–H and O–H groups in total. The standard InChI is InChI=1S/C17H20FN3O2/c1-3-21(4-2)16(23)11-20-17-15(22)9-13(10-19-17)12-6-5-7-14(18)8-12/h5-10,22H,3-4,11H2,1-2H3,(H,19,20). The third kappa shape index (κ3) is 4.18. The molecule has 122 valence electrons. The highest BCUT2D eigenvalue weighted by atomic mass is 19.1. The third-order valence-corrected chi connectivity index (χ3v) is 3.55. The molecule has 5 nitrogen and oxygen atoms in total. The quantitative estimate of drug-likeness (QED) is 0.860. The smallest absolute Gasteiger partial charge is 0.241 e. The number of aromatic nitrogens is 1. The van der Waals surface area contributed by atoms with Crippen LogP contribution in [0.3, 0.4) is 0 Å². The van der Waals surface area contributed by atoms with E-state index in [1.807, 2.05) is 13.8 Å². The van der Waals surface area contributed by atoms with E-state index >= 15 is 0 Å². The second-order valence-corrected chi connectivity index (χ2v) is 5.02. The predicted molar refractivity (Wildman–Crippen MR) is 87.7 cm³/mol. The van der Waals surface area contributed by atoms with Gasteiger partial charge in [-0.2, -0.15) is 0 Å². The van der Waals surface area contributed by atoms with Crippen LogP contribution in [0.2, 0.25) is 0 Å². The van der Waals surface area contributed by atoms with Crippen molar-refractivity contribution < 1.29 is 14.3 Å². The number of hydrogen-bond acceptors (Lipinski definition) is 4. The summed E-state index contributed by atoms with van der Waals surface area (Å²) in [6.45, 7) is 5.14. The fraction of sp³-hybridized carbons (Fsp3) is 0.294. The number of benzene rings is 1. The minimum absolute atomic E-state index is 0.0571. The summed E-state index contributed by atoms with van der Waals surface area (Å²) in [6.07, 6.45) is 1.53. The van der Waals surface area contributed by atoms with Crippen molar-refractivity contribution in [3.8, 4) is 16.9 Å². The molecular weight excluding hydrogens is 297 g/mol. The van der Waals surface area contributed by atoms with Gasteiger partial charge in [0, 0.05) is 24.8 Å². The summed E-state index contributed by atoms with van der Waals surface area (Å²) in [5.41, 5.74) is 1.22. The number of halogens is 1. The maximum Gasteiger partial charge on any atom is 0.241 e. The summed E-state index contributed by atoms with van der Waals surface area (Å²) >= 11 is 0. The van der Waals surface area contributed by atoms with Gasteiger partial charge in [-0.05, 0) is 37.6 Å². The summed E-state index contributed by atoms with van der Waals surface area (Å²) in [4.78, 5) is 17.7. The second kappa shape index (κ2) is 7.58. The maximum absolute atomic E-state index is 13.2. The van der Waals surface area contributed by atoms with E-state index in [1.165, 1.54) is 24.4 Å². The summed E-state index contributed by atoms with van der Waals surface area (Å²) < 4.78 is 13.2. The Labute approximate surface area is 134 Å². The molecule has 0 aliphatic carbocycles. The van der Waals surface area contributed by atoms with Crippen molar-refractivity contribution in [3.05, 3.63) is 42.3 Å². The number of nitrogens with one attached hydrogen (secondary N) is 1. The topological polar surface area (TPSA) is 65.5 Å². The number of rotatable bonds is 6. The van der Waals surface area contributed by atoms with Crippen LogP contribution in [0.5, 0.6) is 5.75 Å². The summed E-state index contributed by atoms with van der Waals surface area (Å²) in [5.74, 6) is -0.274. The van der Waals surface area contributed by atoms with Gasteiger partial charge in [-0.25, -0.2) is 9.37 Å². The number of aromatic hydroxyl groups is 1. The van der Waals surface area contributed by atoms with Crippen LogP contribution in [-0.2, 0) is 4.79 Å². The molecule has 1 aromatic heterocycles. The van der Waals surface area contributed by atoms with Crippen LogP contribution in [0, 0.1) is 5.82 Å². The second-order valence-electron chi connectivity index (χ2n) is 5.02. The number of hydrogen-bond donors (Lipinski definition) is 2. The minimum atomic E-state index is -0.353. The number of carbonyl (C=O) groups is 1. The van der Waals surface area contributed by atoms with Crippen LogP contribution in [0.1, 0.15) is 13.8 Å². The number of nitrogens with zero attached hydrogens (tertiary/aromatic N) is 2. The Kier molecular flexibility index (Phi) is 5.51. The van der Waals surface area contributed by atoms with Crippen molar-refractivity contribution in [2.24, 2.45) is 0 Å². The molecule has 1 aromatic carbocycles. The number of amides is 1. The number of pyridine rings is 1. The molecule has 1 heterocycles. The van der Waals surface area contributed by atoms with Gasteiger partial charge in [0.05, 0.1) is 6.54 Å². The van der Waals surface area contributed by atoms with E-state index in [-0.39, 0.29) is 29.8 Å². The zero-order valence-corrected chi connectivity index (χ0v) is 13.2. The van der Waals surface area contributed by atoms with Gasteiger partial charge >= 0.3 is 0 Å². The summed E-state index contributed by atoms with van der Waals surface area (Å²) in [7, 11) is 0. The Morgan fingerprint density at radius 1 is 1.26 bits per heavy atom. The Hall–Kier alpha value is -2.63. The van der Waals surface area contributed by atoms with E-state index in [2.05, 4.69) is 10.3 Å². The molecule has 1 amide bonds. The first kappa shape index (κ1) is 16.7. The lowest BCUT2D eigenvalue weighted by Crippen LogP contribution is -2.35. The predicted octanol–water partition coefficient (Wildman–Crippen LogP) is 2.87. The largest absolute Gasteiger partial charge is 0.504 e. The van der Waals surface area contributed by atoms with Crippen LogP contribution in [0.15, 0.2) is 36.5 Å². The van der Waals surface area contributed by atoms with E-state index < -0.39 is 0 Å². The van der Waals surface area contributed by atoms with Gasteiger partial charge in [0.25, 0.3) is 0 Å². The highest BCUT2D eigenvalue weighted by Crippen LogP contribution is 2.27. The van der Waals surface area contributed by atoms with E-state index in [4.69, 9.17) is 0 Å². The molecule has 2 rings (SSSR count). The lowest BCUT2D eigenvalue weighted by atomic mass is 10.1. The van der Waals surface area contributed by atoms with Gasteiger partial charge in [0.15, 0.2) is 11.6 Å². The van der Waals surface area contributed by atoms with E-state index in [1.54, 1.807) is 17.0 Å². The lowest BCUT2D eigenvalue weighted by Gasteiger charge is -2.19. The van der Waals surface area contributed by atoms with E-state index in [0.717, 1.165) is 0 Å². The van der Waals surface area contributed by atoms with Crippen molar-refractivity contribution in [2.45, 2.75) is 13.8 Å². The van der Waals surface area contributed by atoms with Crippen LogP contribution in [0.4, 0.5) is 10.2 Å². The van der Waals surface area contributed by atoms with Crippen molar-refractivity contribution in [1.29, 1.82) is 0 Å². The SMILES string of the molecule is CCN(CC)C(=O)CNc1ncc(-c2cccc(F)c2)cc1O. The molecule has 6 heteroatoms. The summed E-state index contributed by atoms with van der Waals surface area (Å²) in [6, 6.07) is 7.54. The van der Waals surface area contributed by atoms with Gasteiger partial charge in [-0.3, -0.25) is 4.79 Å². The zero-order valence-electron chi connectivity index (χ0n) is 13.2. The number of likely N-dealkylation sites (N-methyl/N-ethyl adjacent to an activating group) is 1. The minimum Gasteiger partial charge on any atom is -0.504 e. The Bertz CT molecular complexity index is 687. The van der Waals surface area contributed by atoms with Crippen molar-refractivity contribution in [3.63, 3.8) is 0 Å². The van der Waals surface area contributed by atoms with Crippen LogP contribution in [-0.4, -0.2) is 40.5 Å². The Balaban J connectivity index is 2.09. The number of carbonyl (C=O) groups excluding carboxylic acids is 1. The van der Waals surface area contributed by atoms with Gasteiger partial charge in [-0.1, -0.05) is 12.1 Å². The van der Waals surface area contributed by atoms with Gasteiger partial charge in [-0.15, -0.1) is 0 Å². The zero-order chi connectivity index (χ0) is 16.8. The van der Waals surface area contributed by atoms with Gasteiger partial charge in [0.1, 0.15) is 5.82 Å². The normalized spacial score (nSPS) is 10.4. The molecular formula is C17H20FN3O2. The highest BCUT2D eigenvalue weighted by molar-refractivity contribution is 5.81. The third-order valence-electron chi connectivity index (χ3n) is 3.55. The van der Waals surface area contributed by atoms with Gasteiger partial charge < -0.3 is 15.3 Å². The van der Waals surface area contributed by atoms with E-state index in [0.29, 0.717) is 24.2 Å². The molecule has 0 radical (unpaired) electrons. The first-order valence-corrected chi connectivity index (χ1v) is 7.51. The fourth-order valence-electron chi connectivity index (χ4n) is 2.26. The molecule has 23 heavy (non-hydrogen) atoms. The molecule has 0 atom stereocenters. The molecule has 0 fully saturated rings. The average Bonchev–Trinajstić information content (AvgIpc) is 2.54. The van der Waals surface area contributed by atoms with E-state index in [9.17, 15) is 14.3 Å². The molecule has 0 saturated heterocycles. The Morgan fingerprint density at radius 3 is 2.61 bits per heavy atom. The van der Waals surface area contributed by atoms with Gasteiger partial charge in [0.2, 0.25) is 5.91 Å². The monoisotopic (exact) mass is 317 g/mol. The molecule has 0 aliphatic rings. The first-order valence-electron chi connectivity index (χ1n) is 7.51. The molecule has 0 saturated carbocycles. The molecule has 0 unspecified atom stereocenters. The molecule has 0 aliphatic heterocycles. The molecule has 2 aromatic rings. The summed E-state index contributed by atoms with van der Waals surface area (Å²) in [5, 5.41) is 12.9. The Morgan fingerprint density at radius 2 is 2.00 bits per heavy atom.